The number of aromatic nitrogens is 3. The Morgan fingerprint density at radius 3 is 3.00 bits per heavy atom. The molecule has 1 aromatic rings. The molecule has 0 spiro atoms. The lowest BCUT2D eigenvalue weighted by molar-refractivity contribution is -0.141. The summed E-state index contributed by atoms with van der Waals surface area (Å²) in [4.78, 5) is 28.9. The first-order chi connectivity index (χ1) is 9.54. The van der Waals surface area contributed by atoms with E-state index in [0.717, 1.165) is 0 Å². The van der Waals surface area contributed by atoms with Crippen molar-refractivity contribution in [3.63, 3.8) is 0 Å². The maximum atomic E-state index is 12.3. The number of carboxylic acids is 1. The topological polar surface area (TPSA) is 111 Å². The van der Waals surface area contributed by atoms with Crippen molar-refractivity contribution < 1.29 is 14.7 Å². The van der Waals surface area contributed by atoms with Gasteiger partial charge in [-0.3, -0.25) is 10.00 Å². The Bertz CT molecular complexity index is 480. The minimum atomic E-state index is -0.976. The smallest absolute Gasteiger partial charge is 0.327 e. The highest BCUT2D eigenvalue weighted by atomic mass is 32.2. The van der Waals surface area contributed by atoms with E-state index in [0.29, 0.717) is 18.0 Å². The molecule has 20 heavy (non-hydrogen) atoms. The molecule has 0 bridgehead atoms. The normalized spacial score (nSPS) is 23.6. The van der Waals surface area contributed by atoms with E-state index in [1.165, 1.54) is 23.0 Å². The van der Waals surface area contributed by atoms with Gasteiger partial charge >= 0.3 is 12.0 Å². The number of aliphatic carboxylic acids is 1. The molecule has 110 valence electrons. The van der Waals surface area contributed by atoms with Crippen molar-refractivity contribution in [3.8, 4) is 0 Å². The minimum Gasteiger partial charge on any atom is -0.480 e. The Balaban J connectivity index is 2.07. The monoisotopic (exact) mass is 299 g/mol. The molecule has 1 aromatic heterocycles. The highest BCUT2D eigenvalue weighted by Gasteiger charge is 2.41. The summed E-state index contributed by atoms with van der Waals surface area (Å²) >= 11 is 1.49. The van der Waals surface area contributed by atoms with Crippen LogP contribution < -0.4 is 5.32 Å². The van der Waals surface area contributed by atoms with Gasteiger partial charge in [-0.15, -0.1) is 11.8 Å². The molecule has 0 radical (unpaired) electrons. The van der Waals surface area contributed by atoms with Gasteiger partial charge in [-0.05, 0) is 13.3 Å². The van der Waals surface area contributed by atoms with Crippen LogP contribution in [0.3, 0.4) is 0 Å². The largest absolute Gasteiger partial charge is 0.480 e. The molecule has 9 heteroatoms. The van der Waals surface area contributed by atoms with Crippen molar-refractivity contribution in [2.24, 2.45) is 0 Å². The van der Waals surface area contributed by atoms with Gasteiger partial charge in [-0.25, -0.2) is 14.6 Å². The number of nitrogens with one attached hydrogen (secondary N) is 2. The zero-order chi connectivity index (χ0) is 14.7. The van der Waals surface area contributed by atoms with Gasteiger partial charge in [0.05, 0.1) is 11.4 Å². The Morgan fingerprint density at radius 1 is 1.70 bits per heavy atom. The standard InChI is InChI=1S/C11H17N5O3S/c1-3-8-16(7(4-20-8)10(17)18)11(19)14-6(2)9-12-5-13-15-9/h5-8H,3-4H2,1-2H3,(H,14,19)(H,17,18)(H,12,13,15). The van der Waals surface area contributed by atoms with Gasteiger partial charge < -0.3 is 10.4 Å². The first-order valence-corrected chi connectivity index (χ1v) is 7.38. The third-order valence-electron chi connectivity index (χ3n) is 3.15. The minimum absolute atomic E-state index is 0.113. The van der Waals surface area contributed by atoms with Gasteiger partial charge in [0.25, 0.3) is 0 Å². The molecule has 2 amide bonds. The lowest BCUT2D eigenvalue weighted by Gasteiger charge is -2.28. The molecule has 0 saturated carbocycles. The van der Waals surface area contributed by atoms with Crippen LogP contribution in [0.2, 0.25) is 0 Å². The van der Waals surface area contributed by atoms with Crippen molar-refractivity contribution in [1.29, 1.82) is 0 Å². The average Bonchev–Trinajstić information content (AvgIpc) is 3.07. The molecule has 1 aliphatic heterocycles. The van der Waals surface area contributed by atoms with Gasteiger partial charge in [0.1, 0.15) is 18.2 Å². The van der Waals surface area contributed by atoms with Gasteiger partial charge in [0.2, 0.25) is 0 Å². The lowest BCUT2D eigenvalue weighted by Crippen LogP contribution is -2.50. The molecular formula is C11H17N5O3S. The Hall–Kier alpha value is -1.77. The molecule has 0 aliphatic carbocycles. The summed E-state index contributed by atoms with van der Waals surface area (Å²) in [5, 5.41) is 18.2. The molecule has 3 atom stereocenters. The predicted octanol–water partition coefficient (Wildman–Crippen LogP) is 0.813. The number of hydrogen-bond acceptors (Lipinski definition) is 5. The number of nitrogens with zero attached hydrogens (tertiary/aromatic N) is 3. The van der Waals surface area contributed by atoms with E-state index in [1.807, 2.05) is 6.92 Å². The lowest BCUT2D eigenvalue weighted by atomic mass is 10.2. The molecule has 2 rings (SSSR count). The molecule has 3 N–H and O–H groups in total. The van der Waals surface area contributed by atoms with Crippen molar-refractivity contribution in [2.75, 3.05) is 5.75 Å². The van der Waals surface area contributed by atoms with E-state index in [9.17, 15) is 14.7 Å². The maximum absolute atomic E-state index is 12.3. The van der Waals surface area contributed by atoms with E-state index >= 15 is 0 Å². The highest BCUT2D eigenvalue weighted by molar-refractivity contribution is 8.00. The number of urea groups is 1. The van der Waals surface area contributed by atoms with Crippen LogP contribution in [-0.4, -0.2) is 54.4 Å². The molecule has 3 unspecified atom stereocenters. The van der Waals surface area contributed by atoms with Gasteiger partial charge in [0.15, 0.2) is 0 Å². The maximum Gasteiger partial charge on any atom is 0.327 e. The van der Waals surface area contributed by atoms with E-state index in [2.05, 4.69) is 20.5 Å². The second kappa shape index (κ2) is 6.12. The van der Waals surface area contributed by atoms with Crippen molar-refractivity contribution in [2.45, 2.75) is 37.7 Å². The molecule has 2 heterocycles. The molecular weight excluding hydrogens is 282 g/mol. The van der Waals surface area contributed by atoms with Gasteiger partial charge in [-0.2, -0.15) is 5.10 Å². The number of H-pyrrole nitrogens is 1. The fraction of sp³-hybridized carbons (Fsp3) is 0.636. The van der Waals surface area contributed by atoms with E-state index in [-0.39, 0.29) is 11.4 Å². The highest BCUT2D eigenvalue weighted by Crippen LogP contribution is 2.31. The third kappa shape index (κ3) is 2.87. The number of hydrogen-bond donors (Lipinski definition) is 3. The Morgan fingerprint density at radius 2 is 2.45 bits per heavy atom. The summed E-state index contributed by atoms with van der Waals surface area (Å²) in [5.74, 6) is -0.0288. The molecule has 1 fully saturated rings. The first kappa shape index (κ1) is 14.6. The quantitative estimate of drug-likeness (QED) is 0.758. The van der Waals surface area contributed by atoms with Crippen LogP contribution in [0.25, 0.3) is 0 Å². The van der Waals surface area contributed by atoms with Crippen LogP contribution in [-0.2, 0) is 4.79 Å². The van der Waals surface area contributed by atoms with E-state index in [1.54, 1.807) is 6.92 Å². The fourth-order valence-electron chi connectivity index (χ4n) is 2.09. The molecule has 1 saturated heterocycles. The third-order valence-corrected chi connectivity index (χ3v) is 4.60. The van der Waals surface area contributed by atoms with Crippen LogP contribution in [0, 0.1) is 0 Å². The second-order valence-electron chi connectivity index (χ2n) is 4.50. The number of aromatic amines is 1. The number of amides is 2. The molecule has 0 aromatic carbocycles. The molecule has 8 nitrogen and oxygen atoms in total. The van der Waals surface area contributed by atoms with Crippen LogP contribution >= 0.6 is 11.8 Å². The zero-order valence-corrected chi connectivity index (χ0v) is 12.1. The summed E-state index contributed by atoms with van der Waals surface area (Å²) in [6.07, 6.45) is 2.07. The summed E-state index contributed by atoms with van der Waals surface area (Å²) < 4.78 is 0. The van der Waals surface area contributed by atoms with Crippen LogP contribution in [0.1, 0.15) is 32.1 Å². The number of carbonyl (C=O) groups is 2. The van der Waals surface area contributed by atoms with Crippen molar-refractivity contribution in [1.82, 2.24) is 25.4 Å². The molecule has 1 aliphatic rings. The second-order valence-corrected chi connectivity index (χ2v) is 5.71. The zero-order valence-electron chi connectivity index (χ0n) is 11.2. The summed E-state index contributed by atoms with van der Waals surface area (Å²) in [6.45, 7) is 3.69. The SMILES string of the molecule is CCC1SCC(C(=O)O)N1C(=O)NC(C)c1ncn[nH]1. The fourth-order valence-corrected chi connectivity index (χ4v) is 3.44. The summed E-state index contributed by atoms with van der Waals surface area (Å²) in [6, 6.07) is -1.53. The van der Waals surface area contributed by atoms with Gasteiger partial charge in [-0.1, -0.05) is 6.92 Å². The Labute approximate surface area is 120 Å². The average molecular weight is 299 g/mol. The van der Waals surface area contributed by atoms with Crippen LogP contribution in [0.5, 0.6) is 0 Å². The first-order valence-electron chi connectivity index (χ1n) is 6.33. The summed E-state index contributed by atoms with van der Waals surface area (Å²) in [7, 11) is 0. The summed E-state index contributed by atoms with van der Waals surface area (Å²) in [5.41, 5.74) is 0. The van der Waals surface area contributed by atoms with Crippen LogP contribution in [0.4, 0.5) is 4.79 Å². The number of rotatable bonds is 4. The number of thioether (sulfide) groups is 1. The Kier molecular flexibility index (Phi) is 4.48. The van der Waals surface area contributed by atoms with Crippen molar-refractivity contribution >= 4 is 23.8 Å². The van der Waals surface area contributed by atoms with Crippen molar-refractivity contribution in [3.05, 3.63) is 12.2 Å². The number of carboxylic acid groups (broad SMARTS) is 1. The van der Waals surface area contributed by atoms with E-state index < -0.39 is 18.0 Å². The van der Waals surface area contributed by atoms with E-state index in [4.69, 9.17) is 0 Å². The number of carbonyl (C=O) groups excluding carboxylic acids is 1. The predicted molar refractivity (Wildman–Crippen MR) is 73.1 cm³/mol. The van der Waals surface area contributed by atoms with Gasteiger partial charge in [0, 0.05) is 5.75 Å². The van der Waals surface area contributed by atoms with Crippen LogP contribution in [0.15, 0.2) is 6.33 Å².